The zero-order chi connectivity index (χ0) is 13.7. The Bertz CT molecular complexity index is 248. The van der Waals surface area contributed by atoms with Crippen molar-refractivity contribution in [1.29, 1.82) is 0 Å². The summed E-state index contributed by atoms with van der Waals surface area (Å²) >= 11 is 0. The van der Waals surface area contributed by atoms with E-state index in [2.05, 4.69) is 36.1 Å². The Hall–Kier alpha value is -0.120. The minimum atomic E-state index is 0.794. The van der Waals surface area contributed by atoms with Crippen LogP contribution in [-0.4, -0.2) is 62.7 Å². The molecule has 3 heteroatoms. The Kier molecular flexibility index (Phi) is 6.11. The molecule has 0 amide bonds. The van der Waals surface area contributed by atoms with Crippen LogP contribution in [-0.2, 0) is 0 Å². The van der Waals surface area contributed by atoms with Gasteiger partial charge in [-0.1, -0.05) is 6.92 Å². The summed E-state index contributed by atoms with van der Waals surface area (Å²) in [7, 11) is 4.52. The van der Waals surface area contributed by atoms with Crippen molar-refractivity contribution in [3.63, 3.8) is 0 Å². The molecule has 2 fully saturated rings. The fraction of sp³-hybridized carbons (Fsp3) is 1.00. The maximum atomic E-state index is 3.75. The molecule has 2 aliphatic rings. The van der Waals surface area contributed by atoms with Gasteiger partial charge in [0, 0.05) is 32.2 Å². The number of likely N-dealkylation sites (N-methyl/N-ethyl adjacent to an activating group) is 1. The minimum Gasteiger partial charge on any atom is -0.313 e. The Balaban J connectivity index is 1.53. The Morgan fingerprint density at radius 1 is 1.16 bits per heavy atom. The van der Waals surface area contributed by atoms with Crippen LogP contribution < -0.4 is 5.32 Å². The van der Waals surface area contributed by atoms with Crippen LogP contribution in [0.15, 0.2) is 0 Å². The van der Waals surface area contributed by atoms with E-state index < -0.39 is 0 Å². The number of nitrogens with one attached hydrogen (secondary N) is 1. The molecule has 1 saturated heterocycles. The molecular weight excluding hydrogens is 234 g/mol. The van der Waals surface area contributed by atoms with E-state index in [0.717, 1.165) is 24.4 Å². The van der Waals surface area contributed by atoms with Crippen LogP contribution >= 0.6 is 0 Å². The summed E-state index contributed by atoms with van der Waals surface area (Å²) in [5.74, 6) is 1.85. The van der Waals surface area contributed by atoms with Gasteiger partial charge in [0.1, 0.15) is 0 Å². The number of likely N-dealkylation sites (tertiary alicyclic amines) is 1. The molecule has 1 aliphatic carbocycles. The van der Waals surface area contributed by atoms with Crippen molar-refractivity contribution in [3.05, 3.63) is 0 Å². The van der Waals surface area contributed by atoms with Gasteiger partial charge in [0.15, 0.2) is 0 Å². The van der Waals surface area contributed by atoms with E-state index in [-0.39, 0.29) is 0 Å². The molecular formula is C16H33N3. The second-order valence-electron chi connectivity index (χ2n) is 7.09. The van der Waals surface area contributed by atoms with Crippen LogP contribution in [0, 0.1) is 11.8 Å². The molecule has 3 nitrogen and oxygen atoms in total. The van der Waals surface area contributed by atoms with Crippen molar-refractivity contribution in [2.75, 3.05) is 46.8 Å². The smallest absolute Gasteiger partial charge is 0.0104 e. The monoisotopic (exact) mass is 267 g/mol. The third-order valence-electron chi connectivity index (χ3n) is 5.00. The first-order valence-electron chi connectivity index (χ1n) is 8.24. The lowest BCUT2D eigenvalue weighted by Crippen LogP contribution is -2.39. The molecule has 0 radical (unpaired) electrons. The normalized spacial score (nSPS) is 33.2. The van der Waals surface area contributed by atoms with E-state index in [1.165, 1.54) is 58.3 Å². The summed E-state index contributed by atoms with van der Waals surface area (Å²) in [6.45, 7) is 8.61. The zero-order valence-corrected chi connectivity index (χ0v) is 13.2. The highest BCUT2D eigenvalue weighted by Gasteiger charge is 2.21. The largest absolute Gasteiger partial charge is 0.313 e. The van der Waals surface area contributed by atoms with Crippen molar-refractivity contribution < 1.29 is 0 Å². The second kappa shape index (κ2) is 7.61. The van der Waals surface area contributed by atoms with E-state index in [1.54, 1.807) is 0 Å². The van der Waals surface area contributed by atoms with Gasteiger partial charge in [-0.05, 0) is 64.6 Å². The molecule has 0 bridgehead atoms. The van der Waals surface area contributed by atoms with Gasteiger partial charge in [0.2, 0.25) is 0 Å². The SMILES string of the molecule is CC1CCC(NCCN(C)CC2CCN(C)C2)CC1. The molecule has 1 heterocycles. The summed E-state index contributed by atoms with van der Waals surface area (Å²) in [6, 6.07) is 0.794. The molecule has 1 N–H and O–H groups in total. The van der Waals surface area contributed by atoms with Crippen LogP contribution in [0.2, 0.25) is 0 Å². The van der Waals surface area contributed by atoms with Gasteiger partial charge >= 0.3 is 0 Å². The van der Waals surface area contributed by atoms with Crippen LogP contribution in [0.5, 0.6) is 0 Å². The Labute approximate surface area is 119 Å². The quantitative estimate of drug-likeness (QED) is 0.794. The van der Waals surface area contributed by atoms with Crippen molar-refractivity contribution in [2.45, 2.75) is 45.1 Å². The molecule has 1 aliphatic heterocycles. The third-order valence-corrected chi connectivity index (χ3v) is 5.00. The molecule has 2 rings (SSSR count). The summed E-state index contributed by atoms with van der Waals surface area (Å²) in [5.41, 5.74) is 0. The summed E-state index contributed by atoms with van der Waals surface area (Å²) in [5, 5.41) is 3.75. The summed E-state index contributed by atoms with van der Waals surface area (Å²) in [6.07, 6.45) is 7.00. The highest BCUT2D eigenvalue weighted by molar-refractivity contribution is 4.77. The third kappa shape index (κ3) is 5.41. The summed E-state index contributed by atoms with van der Waals surface area (Å²) in [4.78, 5) is 4.97. The number of nitrogens with zero attached hydrogens (tertiary/aromatic N) is 2. The van der Waals surface area contributed by atoms with E-state index in [4.69, 9.17) is 0 Å². The van der Waals surface area contributed by atoms with Gasteiger partial charge in [0.25, 0.3) is 0 Å². The van der Waals surface area contributed by atoms with Crippen molar-refractivity contribution in [1.82, 2.24) is 15.1 Å². The van der Waals surface area contributed by atoms with Crippen LogP contribution in [0.1, 0.15) is 39.0 Å². The average molecular weight is 267 g/mol. The number of hydrogen-bond donors (Lipinski definition) is 1. The first-order valence-corrected chi connectivity index (χ1v) is 8.24. The fourth-order valence-corrected chi connectivity index (χ4v) is 3.63. The molecule has 1 unspecified atom stereocenters. The molecule has 0 aromatic heterocycles. The van der Waals surface area contributed by atoms with Gasteiger partial charge < -0.3 is 15.1 Å². The maximum absolute atomic E-state index is 3.75. The lowest BCUT2D eigenvalue weighted by atomic mass is 9.87. The van der Waals surface area contributed by atoms with Crippen LogP contribution in [0.4, 0.5) is 0 Å². The molecule has 0 aromatic rings. The van der Waals surface area contributed by atoms with Gasteiger partial charge in [-0.2, -0.15) is 0 Å². The lowest BCUT2D eigenvalue weighted by molar-refractivity contribution is 0.255. The highest BCUT2D eigenvalue weighted by atomic mass is 15.2. The highest BCUT2D eigenvalue weighted by Crippen LogP contribution is 2.23. The number of rotatable bonds is 6. The van der Waals surface area contributed by atoms with Crippen molar-refractivity contribution >= 4 is 0 Å². The van der Waals surface area contributed by atoms with E-state index in [0.29, 0.717) is 0 Å². The van der Waals surface area contributed by atoms with Crippen LogP contribution in [0.3, 0.4) is 0 Å². The Morgan fingerprint density at radius 3 is 2.53 bits per heavy atom. The predicted molar refractivity (Wildman–Crippen MR) is 82.5 cm³/mol. The van der Waals surface area contributed by atoms with Gasteiger partial charge in [0.05, 0.1) is 0 Å². The van der Waals surface area contributed by atoms with Gasteiger partial charge in [-0.15, -0.1) is 0 Å². The average Bonchev–Trinajstić information content (AvgIpc) is 2.77. The van der Waals surface area contributed by atoms with E-state index >= 15 is 0 Å². The standard InChI is InChI=1S/C16H33N3/c1-14-4-6-16(7-5-14)17-9-11-19(3)13-15-8-10-18(2)12-15/h14-17H,4-13H2,1-3H3. The fourth-order valence-electron chi connectivity index (χ4n) is 3.63. The molecule has 0 aromatic carbocycles. The first-order chi connectivity index (χ1) is 9.13. The molecule has 0 spiro atoms. The topological polar surface area (TPSA) is 18.5 Å². The second-order valence-corrected chi connectivity index (χ2v) is 7.09. The minimum absolute atomic E-state index is 0.794. The van der Waals surface area contributed by atoms with Crippen LogP contribution in [0.25, 0.3) is 0 Å². The maximum Gasteiger partial charge on any atom is 0.0104 e. The summed E-state index contributed by atoms with van der Waals surface area (Å²) < 4.78 is 0. The molecule has 1 saturated carbocycles. The van der Waals surface area contributed by atoms with E-state index in [1.807, 2.05) is 0 Å². The van der Waals surface area contributed by atoms with E-state index in [9.17, 15) is 0 Å². The zero-order valence-electron chi connectivity index (χ0n) is 13.2. The molecule has 19 heavy (non-hydrogen) atoms. The molecule has 1 atom stereocenters. The lowest BCUT2D eigenvalue weighted by Gasteiger charge is -2.28. The van der Waals surface area contributed by atoms with Crippen molar-refractivity contribution in [3.8, 4) is 0 Å². The Morgan fingerprint density at radius 2 is 1.89 bits per heavy atom. The predicted octanol–water partition coefficient (Wildman–Crippen LogP) is 2.04. The number of hydrogen-bond acceptors (Lipinski definition) is 3. The van der Waals surface area contributed by atoms with Crippen molar-refractivity contribution in [2.24, 2.45) is 11.8 Å². The van der Waals surface area contributed by atoms with Gasteiger partial charge in [-0.25, -0.2) is 0 Å². The van der Waals surface area contributed by atoms with Gasteiger partial charge in [-0.3, -0.25) is 0 Å². The molecule has 112 valence electrons. The first kappa shape index (κ1) is 15.3.